The number of nitro groups is 1. The van der Waals surface area contributed by atoms with E-state index in [4.69, 9.17) is 4.74 Å². The number of non-ortho nitro benzene ring substituents is 1. The number of carbonyl (C=O) groups excluding carboxylic acids is 1. The third kappa shape index (κ3) is 4.54. The van der Waals surface area contributed by atoms with Gasteiger partial charge in [-0.25, -0.2) is 8.42 Å². The maximum atomic E-state index is 13.1. The topological polar surface area (TPSA) is 119 Å². The molecule has 10 heteroatoms. The monoisotopic (exact) mass is 419 g/mol. The summed E-state index contributed by atoms with van der Waals surface area (Å²) in [5.74, 6) is -0.425. The molecule has 9 nitrogen and oxygen atoms in total. The number of nitrogens with zero attached hydrogens (tertiary/aromatic N) is 2. The third-order valence-corrected chi connectivity index (χ3v) is 6.59. The molecule has 1 aliphatic heterocycles. The van der Waals surface area contributed by atoms with Crippen molar-refractivity contribution >= 4 is 27.3 Å². The zero-order valence-electron chi connectivity index (χ0n) is 15.8. The first-order valence-corrected chi connectivity index (χ1v) is 10.5. The molecule has 29 heavy (non-hydrogen) atoms. The molecule has 0 saturated carbocycles. The van der Waals surface area contributed by atoms with Gasteiger partial charge in [0.2, 0.25) is 10.0 Å². The van der Waals surface area contributed by atoms with Crippen molar-refractivity contribution in [3.8, 4) is 5.75 Å². The van der Waals surface area contributed by atoms with Gasteiger partial charge in [-0.15, -0.1) is 0 Å². The average molecular weight is 419 g/mol. The Morgan fingerprint density at radius 3 is 2.52 bits per heavy atom. The Kier molecular flexibility index (Phi) is 6.14. The summed E-state index contributed by atoms with van der Waals surface area (Å²) >= 11 is 0. The highest BCUT2D eigenvalue weighted by atomic mass is 32.2. The van der Waals surface area contributed by atoms with Crippen molar-refractivity contribution in [2.75, 3.05) is 25.5 Å². The summed E-state index contributed by atoms with van der Waals surface area (Å²) in [6.45, 7) is 0.852. The number of nitro benzene ring substituents is 1. The van der Waals surface area contributed by atoms with Gasteiger partial charge in [0.25, 0.3) is 11.6 Å². The molecule has 0 aromatic heterocycles. The first-order chi connectivity index (χ1) is 13.8. The Hall–Kier alpha value is -2.98. The van der Waals surface area contributed by atoms with E-state index in [1.54, 1.807) is 0 Å². The molecule has 2 aromatic carbocycles. The van der Waals surface area contributed by atoms with Gasteiger partial charge in [0.1, 0.15) is 10.6 Å². The summed E-state index contributed by atoms with van der Waals surface area (Å²) < 4.78 is 32.7. The third-order valence-electron chi connectivity index (χ3n) is 4.67. The summed E-state index contributed by atoms with van der Waals surface area (Å²) in [4.78, 5) is 22.9. The van der Waals surface area contributed by atoms with Crippen molar-refractivity contribution in [2.45, 2.75) is 24.2 Å². The molecular weight excluding hydrogens is 398 g/mol. The lowest BCUT2D eigenvalue weighted by atomic mass is 10.2. The van der Waals surface area contributed by atoms with E-state index in [1.165, 1.54) is 53.9 Å². The van der Waals surface area contributed by atoms with Crippen LogP contribution in [0.2, 0.25) is 0 Å². The fourth-order valence-electron chi connectivity index (χ4n) is 3.16. The first-order valence-electron chi connectivity index (χ1n) is 9.07. The Morgan fingerprint density at radius 2 is 1.86 bits per heavy atom. The summed E-state index contributed by atoms with van der Waals surface area (Å²) in [7, 11) is -2.44. The molecule has 0 bridgehead atoms. The number of hydrogen-bond donors (Lipinski definition) is 1. The average Bonchev–Trinajstić information content (AvgIpc) is 2.74. The number of sulfonamides is 1. The molecule has 0 spiro atoms. The van der Waals surface area contributed by atoms with Crippen LogP contribution in [0.4, 0.5) is 11.4 Å². The van der Waals surface area contributed by atoms with Crippen LogP contribution in [0.15, 0.2) is 47.4 Å². The molecular formula is C19H21N3O6S. The second-order valence-corrected chi connectivity index (χ2v) is 8.50. The van der Waals surface area contributed by atoms with Crippen molar-refractivity contribution in [3.63, 3.8) is 0 Å². The minimum absolute atomic E-state index is 0.0754. The number of piperidine rings is 1. The lowest BCUT2D eigenvalue weighted by Crippen LogP contribution is -2.35. The predicted molar refractivity (Wildman–Crippen MR) is 107 cm³/mol. The molecule has 2 aromatic rings. The van der Waals surface area contributed by atoms with Crippen molar-refractivity contribution < 1.29 is 22.9 Å². The number of anilines is 1. The maximum Gasteiger partial charge on any atom is 0.271 e. The van der Waals surface area contributed by atoms with Crippen LogP contribution < -0.4 is 10.1 Å². The van der Waals surface area contributed by atoms with E-state index in [2.05, 4.69) is 5.32 Å². The number of carbonyl (C=O) groups is 1. The quantitative estimate of drug-likeness (QED) is 0.568. The maximum absolute atomic E-state index is 13.1. The largest absolute Gasteiger partial charge is 0.495 e. The lowest BCUT2D eigenvalue weighted by Gasteiger charge is -2.26. The van der Waals surface area contributed by atoms with Gasteiger partial charge in [0.05, 0.1) is 12.0 Å². The highest BCUT2D eigenvalue weighted by Crippen LogP contribution is 2.30. The molecule has 154 valence electrons. The number of methoxy groups -OCH3 is 1. The molecule has 1 amide bonds. The van der Waals surface area contributed by atoms with Gasteiger partial charge in [-0.3, -0.25) is 14.9 Å². The summed E-state index contributed by atoms with van der Waals surface area (Å²) in [5.41, 5.74) is 0.180. The normalized spacial score (nSPS) is 14.9. The van der Waals surface area contributed by atoms with E-state index in [-0.39, 0.29) is 27.6 Å². The van der Waals surface area contributed by atoms with Crippen LogP contribution in [0.25, 0.3) is 0 Å². The van der Waals surface area contributed by atoms with E-state index in [0.717, 1.165) is 19.3 Å². The Labute approximate surface area is 168 Å². The minimum Gasteiger partial charge on any atom is -0.495 e. The van der Waals surface area contributed by atoms with Gasteiger partial charge in [-0.1, -0.05) is 12.5 Å². The van der Waals surface area contributed by atoms with E-state index >= 15 is 0 Å². The molecule has 3 rings (SSSR count). The van der Waals surface area contributed by atoms with Gasteiger partial charge in [-0.2, -0.15) is 4.31 Å². The van der Waals surface area contributed by atoms with Crippen LogP contribution in [0.3, 0.4) is 0 Å². The predicted octanol–water partition coefficient (Wildman–Crippen LogP) is 3.03. The summed E-state index contributed by atoms with van der Waals surface area (Å²) in [5, 5.41) is 13.4. The van der Waals surface area contributed by atoms with Gasteiger partial charge >= 0.3 is 0 Å². The van der Waals surface area contributed by atoms with Gasteiger partial charge in [0, 0.05) is 36.5 Å². The smallest absolute Gasteiger partial charge is 0.271 e. The van der Waals surface area contributed by atoms with Gasteiger partial charge in [-0.05, 0) is 37.1 Å². The van der Waals surface area contributed by atoms with Gasteiger partial charge < -0.3 is 10.1 Å². The standard InChI is InChI=1S/C19H21N3O6S/c1-28-17-9-8-14(12-18(17)29(26,27)21-10-3-2-4-11-21)19(23)20-15-6-5-7-16(13-15)22(24)25/h5-9,12-13H,2-4,10-11H2,1H3,(H,20,23). The molecule has 0 unspecified atom stereocenters. The number of ether oxygens (including phenoxy) is 1. The minimum atomic E-state index is -3.81. The fraction of sp³-hybridized carbons (Fsp3) is 0.316. The van der Waals surface area contributed by atoms with Crippen molar-refractivity contribution in [3.05, 3.63) is 58.1 Å². The number of hydrogen-bond acceptors (Lipinski definition) is 6. The summed E-state index contributed by atoms with van der Waals surface area (Å²) in [6, 6.07) is 9.66. The van der Waals surface area contributed by atoms with Crippen molar-refractivity contribution in [2.24, 2.45) is 0 Å². The van der Waals surface area contributed by atoms with Crippen LogP contribution in [-0.2, 0) is 10.0 Å². The number of nitrogens with one attached hydrogen (secondary N) is 1. The molecule has 1 saturated heterocycles. The Balaban J connectivity index is 1.91. The van der Waals surface area contributed by atoms with Crippen LogP contribution in [-0.4, -0.2) is 43.8 Å². The molecule has 1 aliphatic rings. The Bertz CT molecular complexity index is 1030. The lowest BCUT2D eigenvalue weighted by molar-refractivity contribution is -0.384. The van der Waals surface area contributed by atoms with E-state index < -0.39 is 20.9 Å². The zero-order chi connectivity index (χ0) is 21.0. The highest BCUT2D eigenvalue weighted by Gasteiger charge is 2.29. The zero-order valence-corrected chi connectivity index (χ0v) is 16.6. The summed E-state index contributed by atoms with van der Waals surface area (Å²) in [6.07, 6.45) is 2.55. The molecule has 1 fully saturated rings. The van der Waals surface area contributed by atoms with Gasteiger partial charge in [0.15, 0.2) is 0 Å². The number of benzene rings is 2. The van der Waals surface area contributed by atoms with E-state index in [0.29, 0.717) is 13.1 Å². The van der Waals surface area contributed by atoms with Crippen LogP contribution in [0.5, 0.6) is 5.75 Å². The van der Waals surface area contributed by atoms with Crippen LogP contribution >= 0.6 is 0 Å². The van der Waals surface area contributed by atoms with E-state index in [9.17, 15) is 23.3 Å². The number of rotatable bonds is 6. The number of amides is 1. The molecule has 0 radical (unpaired) electrons. The molecule has 0 aliphatic carbocycles. The first kappa shape index (κ1) is 20.7. The fourth-order valence-corrected chi connectivity index (χ4v) is 4.86. The van der Waals surface area contributed by atoms with Crippen molar-refractivity contribution in [1.29, 1.82) is 0 Å². The SMILES string of the molecule is COc1ccc(C(=O)Nc2cccc([N+](=O)[O-])c2)cc1S(=O)(=O)N1CCCCC1. The van der Waals surface area contributed by atoms with Crippen molar-refractivity contribution in [1.82, 2.24) is 4.31 Å². The second-order valence-electron chi connectivity index (χ2n) is 6.59. The molecule has 1 N–H and O–H groups in total. The highest BCUT2D eigenvalue weighted by molar-refractivity contribution is 7.89. The molecule has 0 atom stereocenters. The Morgan fingerprint density at radius 1 is 1.14 bits per heavy atom. The van der Waals surface area contributed by atoms with Crippen LogP contribution in [0.1, 0.15) is 29.6 Å². The van der Waals surface area contributed by atoms with E-state index in [1.807, 2.05) is 0 Å². The van der Waals surface area contributed by atoms with Crippen LogP contribution in [0, 0.1) is 10.1 Å². The second kappa shape index (κ2) is 8.58. The molecule has 1 heterocycles.